The molecule has 2 atom stereocenters. The number of carbonyl (C=O) groups excluding carboxylic acids is 1. The maximum atomic E-state index is 11.7. The molecule has 2 saturated heterocycles. The number of halogens is 1. The summed E-state index contributed by atoms with van der Waals surface area (Å²) >= 11 is 0. The summed E-state index contributed by atoms with van der Waals surface area (Å²) in [7, 11) is 3.29. The molecule has 0 saturated carbocycles. The minimum atomic E-state index is -0.0880. The molecule has 152 valence electrons. The van der Waals surface area contributed by atoms with E-state index in [0.717, 1.165) is 51.5 Å². The summed E-state index contributed by atoms with van der Waals surface area (Å²) in [5, 5.41) is 3.55. The number of hydrogen-bond acceptors (Lipinski definition) is 4. The van der Waals surface area contributed by atoms with Crippen LogP contribution in [0.5, 0.6) is 0 Å². The summed E-state index contributed by atoms with van der Waals surface area (Å²) in [5.41, 5.74) is 0.148. The Kier molecular flexibility index (Phi) is 9.64. The molecule has 0 aromatic carbocycles. The van der Waals surface area contributed by atoms with E-state index in [2.05, 4.69) is 36.0 Å². The van der Waals surface area contributed by atoms with E-state index in [0.29, 0.717) is 5.92 Å². The summed E-state index contributed by atoms with van der Waals surface area (Å²) in [6, 6.07) is 0. The van der Waals surface area contributed by atoms with Crippen molar-refractivity contribution in [1.29, 1.82) is 0 Å². The van der Waals surface area contributed by atoms with Gasteiger partial charge in [0.2, 0.25) is 0 Å². The predicted molar refractivity (Wildman–Crippen MR) is 115 cm³/mol. The Morgan fingerprint density at radius 2 is 1.92 bits per heavy atom. The van der Waals surface area contributed by atoms with Crippen molar-refractivity contribution >= 4 is 35.9 Å². The molecular weight excluding hydrogens is 445 g/mol. The van der Waals surface area contributed by atoms with Gasteiger partial charge in [-0.2, -0.15) is 0 Å². The zero-order valence-corrected chi connectivity index (χ0v) is 19.2. The molecule has 0 spiro atoms. The third-order valence-electron chi connectivity index (χ3n) is 5.36. The van der Waals surface area contributed by atoms with Gasteiger partial charge in [-0.15, -0.1) is 24.0 Å². The van der Waals surface area contributed by atoms with Crippen LogP contribution in [0.15, 0.2) is 4.99 Å². The van der Waals surface area contributed by atoms with E-state index in [1.54, 1.807) is 0 Å². The molecule has 6 nitrogen and oxygen atoms in total. The first-order valence-electron chi connectivity index (χ1n) is 9.51. The summed E-state index contributed by atoms with van der Waals surface area (Å²) in [5.74, 6) is 1.37. The van der Waals surface area contributed by atoms with Crippen LogP contribution in [-0.2, 0) is 14.3 Å². The van der Waals surface area contributed by atoms with Gasteiger partial charge in [0.25, 0.3) is 0 Å². The van der Waals surface area contributed by atoms with Crippen molar-refractivity contribution in [3.8, 4) is 0 Å². The maximum Gasteiger partial charge on any atom is 0.308 e. The third kappa shape index (κ3) is 6.25. The highest BCUT2D eigenvalue weighted by Gasteiger charge is 2.35. The lowest BCUT2D eigenvalue weighted by atomic mass is 9.78. The van der Waals surface area contributed by atoms with Gasteiger partial charge in [-0.1, -0.05) is 20.8 Å². The zero-order valence-electron chi connectivity index (χ0n) is 16.9. The lowest BCUT2D eigenvalue weighted by molar-refractivity contribution is -0.146. The minimum Gasteiger partial charge on any atom is -0.469 e. The van der Waals surface area contributed by atoms with Crippen LogP contribution >= 0.6 is 24.0 Å². The smallest absolute Gasteiger partial charge is 0.308 e. The number of guanidine groups is 1. The molecule has 2 fully saturated rings. The second-order valence-electron chi connectivity index (χ2n) is 8.27. The standard InChI is InChI=1S/C19H35N3O3.HI/c1-19(2,3)16-15(7-6-12-25-16)13-21-18(20-4)22-10-8-14(9-11-22)17(23)24-5;/h14-16H,6-13H2,1-5H3,(H,20,21);1H. The van der Waals surface area contributed by atoms with E-state index in [1.807, 2.05) is 7.05 Å². The summed E-state index contributed by atoms with van der Waals surface area (Å²) in [4.78, 5) is 18.4. The van der Waals surface area contributed by atoms with Crippen LogP contribution in [0.1, 0.15) is 46.5 Å². The first kappa shape index (κ1) is 23.5. The number of aliphatic imine (C=N–C) groups is 1. The molecule has 0 bridgehead atoms. The fraction of sp³-hybridized carbons (Fsp3) is 0.895. The molecule has 2 unspecified atom stereocenters. The number of nitrogens with zero attached hydrogens (tertiary/aromatic N) is 2. The van der Waals surface area contributed by atoms with E-state index in [4.69, 9.17) is 9.47 Å². The number of rotatable bonds is 3. The summed E-state index contributed by atoms with van der Waals surface area (Å²) in [6.07, 6.45) is 4.24. The third-order valence-corrected chi connectivity index (χ3v) is 5.36. The van der Waals surface area contributed by atoms with Crippen molar-refractivity contribution in [2.75, 3.05) is 40.4 Å². The zero-order chi connectivity index (χ0) is 18.4. The van der Waals surface area contributed by atoms with Gasteiger partial charge in [0, 0.05) is 39.2 Å². The molecule has 1 N–H and O–H groups in total. The number of esters is 1. The van der Waals surface area contributed by atoms with Gasteiger partial charge in [0.05, 0.1) is 19.1 Å². The average molecular weight is 481 g/mol. The van der Waals surface area contributed by atoms with Crippen LogP contribution in [0, 0.1) is 17.3 Å². The highest BCUT2D eigenvalue weighted by molar-refractivity contribution is 14.0. The quantitative estimate of drug-likeness (QED) is 0.291. The van der Waals surface area contributed by atoms with Gasteiger partial charge in [0.15, 0.2) is 5.96 Å². The first-order chi connectivity index (χ1) is 11.9. The molecule has 2 aliphatic rings. The topological polar surface area (TPSA) is 63.2 Å². The van der Waals surface area contributed by atoms with Gasteiger partial charge in [-0.05, 0) is 31.1 Å². The van der Waals surface area contributed by atoms with Gasteiger partial charge in [-0.3, -0.25) is 9.79 Å². The number of hydrogen-bond donors (Lipinski definition) is 1. The highest BCUT2D eigenvalue weighted by atomic mass is 127. The average Bonchev–Trinajstić information content (AvgIpc) is 2.61. The maximum absolute atomic E-state index is 11.7. The molecule has 2 aliphatic heterocycles. The SMILES string of the molecule is CN=C(NCC1CCCOC1C(C)(C)C)N1CCC(C(=O)OC)CC1.I. The van der Waals surface area contributed by atoms with Crippen molar-refractivity contribution in [2.45, 2.75) is 52.6 Å². The van der Waals surface area contributed by atoms with Gasteiger partial charge >= 0.3 is 5.97 Å². The fourth-order valence-corrected chi connectivity index (χ4v) is 4.06. The van der Waals surface area contributed by atoms with E-state index < -0.39 is 0 Å². The Bertz CT molecular complexity index is 471. The number of methoxy groups -OCH3 is 1. The van der Waals surface area contributed by atoms with Gasteiger partial charge in [0.1, 0.15) is 0 Å². The summed E-state index contributed by atoms with van der Waals surface area (Å²) in [6.45, 7) is 10.2. The number of ether oxygens (including phenoxy) is 2. The summed E-state index contributed by atoms with van der Waals surface area (Å²) < 4.78 is 10.9. The van der Waals surface area contributed by atoms with Gasteiger partial charge in [-0.25, -0.2) is 0 Å². The number of nitrogens with one attached hydrogen (secondary N) is 1. The molecule has 7 heteroatoms. The molecule has 0 aliphatic carbocycles. The van der Waals surface area contributed by atoms with Crippen molar-refractivity contribution in [1.82, 2.24) is 10.2 Å². The predicted octanol–water partition coefficient (Wildman–Crippen LogP) is 2.91. The first-order valence-corrected chi connectivity index (χ1v) is 9.51. The Morgan fingerprint density at radius 3 is 2.46 bits per heavy atom. The Morgan fingerprint density at radius 1 is 1.27 bits per heavy atom. The van der Waals surface area contributed by atoms with E-state index in [9.17, 15) is 4.79 Å². The van der Waals surface area contributed by atoms with Crippen LogP contribution in [0.25, 0.3) is 0 Å². The van der Waals surface area contributed by atoms with E-state index >= 15 is 0 Å². The molecule has 0 amide bonds. The fourth-order valence-electron chi connectivity index (χ4n) is 4.06. The molecule has 0 aromatic rings. The van der Waals surface area contributed by atoms with E-state index in [1.165, 1.54) is 13.5 Å². The molecule has 2 heterocycles. The molecular formula is C19H36IN3O3. The lowest BCUT2D eigenvalue weighted by Crippen LogP contribution is -2.50. The lowest BCUT2D eigenvalue weighted by Gasteiger charge is -2.41. The van der Waals surface area contributed by atoms with Crippen molar-refractivity contribution in [2.24, 2.45) is 22.2 Å². The molecule has 2 rings (SSSR count). The number of likely N-dealkylation sites (tertiary alicyclic amines) is 1. The molecule has 26 heavy (non-hydrogen) atoms. The molecule has 0 radical (unpaired) electrons. The van der Waals surface area contributed by atoms with E-state index in [-0.39, 0.29) is 47.4 Å². The second kappa shape index (κ2) is 10.7. The number of carbonyl (C=O) groups is 1. The van der Waals surface area contributed by atoms with Crippen LogP contribution in [0.3, 0.4) is 0 Å². The van der Waals surface area contributed by atoms with Gasteiger partial charge < -0.3 is 19.7 Å². The van der Waals surface area contributed by atoms with Crippen molar-refractivity contribution in [3.05, 3.63) is 0 Å². The Labute approximate surface area is 175 Å². The monoisotopic (exact) mass is 481 g/mol. The van der Waals surface area contributed by atoms with Crippen LogP contribution in [-0.4, -0.2) is 63.3 Å². The second-order valence-corrected chi connectivity index (χ2v) is 8.27. The van der Waals surface area contributed by atoms with Crippen LogP contribution < -0.4 is 5.32 Å². The Hall–Kier alpha value is -0.570. The largest absolute Gasteiger partial charge is 0.469 e. The minimum absolute atomic E-state index is 0. The van der Waals surface area contributed by atoms with Crippen LogP contribution in [0.4, 0.5) is 0 Å². The van der Waals surface area contributed by atoms with Crippen molar-refractivity contribution in [3.63, 3.8) is 0 Å². The normalized spacial score (nSPS) is 25.4. The molecule has 0 aromatic heterocycles. The Balaban J connectivity index is 0.00000338. The number of piperidine rings is 1. The van der Waals surface area contributed by atoms with Crippen LogP contribution in [0.2, 0.25) is 0 Å². The van der Waals surface area contributed by atoms with Crippen molar-refractivity contribution < 1.29 is 14.3 Å². The highest BCUT2D eigenvalue weighted by Crippen LogP contribution is 2.33.